The van der Waals surface area contributed by atoms with Gasteiger partial charge in [0.05, 0.1) is 6.20 Å². The zero-order chi connectivity index (χ0) is 12.4. The number of nitrogen functional groups attached to an aromatic ring is 1. The number of nitrogens with zero attached hydrogens (tertiary/aromatic N) is 2. The third-order valence-corrected chi connectivity index (χ3v) is 2.72. The Kier molecular flexibility index (Phi) is 2.53. The fourth-order valence-corrected chi connectivity index (χ4v) is 1.87. The van der Waals surface area contributed by atoms with Crippen LogP contribution in [0.25, 0.3) is 10.8 Å². The van der Waals surface area contributed by atoms with Gasteiger partial charge in [0.25, 0.3) is 0 Å². The molecule has 1 aromatic heterocycles. The number of hydrogen-bond donors (Lipinski definition) is 2. The standard InChI is InChI=1S/C14H12N4/c15-11-5-3-6-12(8-11)17-14-13-7-2-1-4-10(13)9-16-18-14/h1-9H,15H2,(H,17,18). The molecular weight excluding hydrogens is 224 g/mol. The van der Waals surface area contributed by atoms with E-state index < -0.39 is 0 Å². The van der Waals surface area contributed by atoms with Gasteiger partial charge in [0, 0.05) is 22.1 Å². The van der Waals surface area contributed by atoms with Crippen molar-refractivity contribution in [2.24, 2.45) is 0 Å². The van der Waals surface area contributed by atoms with Crippen LogP contribution in [-0.2, 0) is 0 Å². The second-order valence-corrected chi connectivity index (χ2v) is 4.03. The molecule has 0 aliphatic heterocycles. The van der Waals surface area contributed by atoms with Crippen LogP contribution in [0.15, 0.2) is 54.7 Å². The summed E-state index contributed by atoms with van der Waals surface area (Å²) < 4.78 is 0. The molecule has 0 aliphatic carbocycles. The summed E-state index contributed by atoms with van der Waals surface area (Å²) in [5.74, 6) is 0.735. The lowest BCUT2D eigenvalue weighted by Gasteiger charge is -2.08. The van der Waals surface area contributed by atoms with Gasteiger partial charge in [0.1, 0.15) is 0 Å². The van der Waals surface area contributed by atoms with E-state index in [-0.39, 0.29) is 0 Å². The van der Waals surface area contributed by atoms with E-state index in [9.17, 15) is 0 Å². The Bertz CT molecular complexity index is 689. The van der Waals surface area contributed by atoms with E-state index in [2.05, 4.69) is 15.5 Å². The van der Waals surface area contributed by atoms with Crippen LogP contribution in [0.2, 0.25) is 0 Å². The average Bonchev–Trinajstić information content (AvgIpc) is 2.39. The van der Waals surface area contributed by atoms with Gasteiger partial charge in [-0.1, -0.05) is 30.3 Å². The first-order valence-corrected chi connectivity index (χ1v) is 5.66. The monoisotopic (exact) mass is 236 g/mol. The molecule has 4 nitrogen and oxygen atoms in total. The van der Waals surface area contributed by atoms with Crippen molar-refractivity contribution < 1.29 is 0 Å². The van der Waals surface area contributed by atoms with Crippen molar-refractivity contribution in [3.8, 4) is 0 Å². The summed E-state index contributed by atoms with van der Waals surface area (Å²) in [7, 11) is 0. The van der Waals surface area contributed by atoms with Crippen LogP contribution in [0.5, 0.6) is 0 Å². The molecule has 0 radical (unpaired) electrons. The Morgan fingerprint density at radius 1 is 1.00 bits per heavy atom. The Labute approximate surface area is 104 Å². The predicted molar refractivity (Wildman–Crippen MR) is 73.7 cm³/mol. The van der Waals surface area contributed by atoms with Crippen molar-refractivity contribution in [1.29, 1.82) is 0 Å². The van der Waals surface area contributed by atoms with Crippen molar-refractivity contribution in [3.05, 3.63) is 54.7 Å². The number of aromatic nitrogens is 2. The number of anilines is 3. The largest absolute Gasteiger partial charge is 0.399 e. The molecule has 0 spiro atoms. The highest BCUT2D eigenvalue weighted by Crippen LogP contribution is 2.23. The predicted octanol–water partition coefficient (Wildman–Crippen LogP) is 2.96. The van der Waals surface area contributed by atoms with Gasteiger partial charge in [0.2, 0.25) is 0 Å². The third-order valence-electron chi connectivity index (χ3n) is 2.72. The maximum atomic E-state index is 5.75. The van der Waals surface area contributed by atoms with Crippen molar-refractivity contribution in [1.82, 2.24) is 10.2 Å². The van der Waals surface area contributed by atoms with Crippen LogP contribution < -0.4 is 11.1 Å². The summed E-state index contributed by atoms with van der Waals surface area (Å²) >= 11 is 0. The van der Waals surface area contributed by atoms with E-state index in [4.69, 9.17) is 5.73 Å². The van der Waals surface area contributed by atoms with Crippen molar-refractivity contribution in [3.63, 3.8) is 0 Å². The zero-order valence-corrected chi connectivity index (χ0v) is 9.67. The van der Waals surface area contributed by atoms with E-state index in [1.165, 1.54) is 0 Å². The van der Waals surface area contributed by atoms with Gasteiger partial charge >= 0.3 is 0 Å². The second kappa shape index (κ2) is 4.33. The molecular formula is C14H12N4. The highest BCUT2D eigenvalue weighted by molar-refractivity contribution is 5.92. The van der Waals surface area contributed by atoms with Crippen molar-refractivity contribution >= 4 is 28.0 Å². The summed E-state index contributed by atoms with van der Waals surface area (Å²) in [6.07, 6.45) is 1.75. The molecule has 0 bridgehead atoms. The van der Waals surface area contributed by atoms with E-state index in [0.29, 0.717) is 5.69 Å². The highest BCUT2D eigenvalue weighted by atomic mass is 15.2. The zero-order valence-electron chi connectivity index (χ0n) is 9.67. The summed E-state index contributed by atoms with van der Waals surface area (Å²) in [5.41, 5.74) is 7.37. The van der Waals surface area contributed by atoms with Gasteiger partial charge in [0.15, 0.2) is 5.82 Å². The summed E-state index contributed by atoms with van der Waals surface area (Å²) in [4.78, 5) is 0. The van der Waals surface area contributed by atoms with Crippen LogP contribution >= 0.6 is 0 Å². The molecule has 1 heterocycles. The van der Waals surface area contributed by atoms with Crippen LogP contribution in [0, 0.1) is 0 Å². The Morgan fingerprint density at radius 2 is 1.89 bits per heavy atom. The lowest BCUT2D eigenvalue weighted by atomic mass is 10.2. The molecule has 0 atom stereocenters. The number of nitrogens with two attached hydrogens (primary N) is 1. The molecule has 2 aromatic carbocycles. The summed E-state index contributed by atoms with van der Waals surface area (Å²) in [5, 5.41) is 13.4. The van der Waals surface area contributed by atoms with Gasteiger partial charge in [-0.2, -0.15) is 5.10 Å². The van der Waals surface area contributed by atoms with Crippen molar-refractivity contribution in [2.45, 2.75) is 0 Å². The maximum Gasteiger partial charge on any atom is 0.160 e. The molecule has 3 rings (SSSR count). The molecule has 4 heteroatoms. The highest BCUT2D eigenvalue weighted by Gasteiger charge is 2.03. The summed E-state index contributed by atoms with van der Waals surface area (Å²) in [6, 6.07) is 15.5. The molecule has 0 fully saturated rings. The first-order valence-electron chi connectivity index (χ1n) is 5.66. The third kappa shape index (κ3) is 1.96. The molecule has 0 amide bonds. The molecule has 88 valence electrons. The molecule has 18 heavy (non-hydrogen) atoms. The summed E-state index contributed by atoms with van der Waals surface area (Å²) in [6.45, 7) is 0. The Balaban J connectivity index is 2.05. The smallest absolute Gasteiger partial charge is 0.160 e. The first kappa shape index (κ1) is 10.5. The van der Waals surface area contributed by atoms with Crippen LogP contribution in [0.3, 0.4) is 0 Å². The normalized spacial score (nSPS) is 10.4. The van der Waals surface area contributed by atoms with Gasteiger partial charge in [-0.3, -0.25) is 0 Å². The van der Waals surface area contributed by atoms with Gasteiger partial charge < -0.3 is 11.1 Å². The topological polar surface area (TPSA) is 63.8 Å². The Hall–Kier alpha value is -2.62. The maximum absolute atomic E-state index is 5.75. The molecule has 0 saturated heterocycles. The van der Waals surface area contributed by atoms with Gasteiger partial charge in [-0.05, 0) is 18.2 Å². The second-order valence-electron chi connectivity index (χ2n) is 4.03. The number of nitrogens with one attached hydrogen (secondary N) is 1. The lowest BCUT2D eigenvalue weighted by Crippen LogP contribution is -1.97. The Morgan fingerprint density at radius 3 is 2.78 bits per heavy atom. The van der Waals surface area contributed by atoms with Gasteiger partial charge in [-0.15, -0.1) is 5.10 Å². The molecule has 3 aromatic rings. The molecule has 3 N–H and O–H groups in total. The quantitative estimate of drug-likeness (QED) is 0.671. The minimum atomic E-state index is 0.716. The number of fused-ring (bicyclic) bond motifs is 1. The van der Waals surface area contributed by atoms with E-state index in [1.54, 1.807) is 6.20 Å². The number of rotatable bonds is 2. The fourth-order valence-electron chi connectivity index (χ4n) is 1.87. The van der Waals surface area contributed by atoms with Crippen LogP contribution in [0.1, 0.15) is 0 Å². The van der Waals surface area contributed by atoms with Crippen molar-refractivity contribution in [2.75, 3.05) is 11.1 Å². The van der Waals surface area contributed by atoms with Gasteiger partial charge in [-0.25, -0.2) is 0 Å². The molecule has 0 saturated carbocycles. The van der Waals surface area contributed by atoms with E-state index in [1.807, 2.05) is 48.5 Å². The van der Waals surface area contributed by atoms with Crippen LogP contribution in [0.4, 0.5) is 17.2 Å². The minimum Gasteiger partial charge on any atom is -0.399 e. The van der Waals surface area contributed by atoms with Crippen LogP contribution in [-0.4, -0.2) is 10.2 Å². The minimum absolute atomic E-state index is 0.716. The fraction of sp³-hybridized carbons (Fsp3) is 0. The van der Waals surface area contributed by atoms with E-state index >= 15 is 0 Å². The average molecular weight is 236 g/mol. The molecule has 0 unspecified atom stereocenters. The first-order chi connectivity index (χ1) is 8.83. The number of hydrogen-bond acceptors (Lipinski definition) is 4. The SMILES string of the molecule is Nc1cccc(Nc2nncc3ccccc23)c1. The molecule has 0 aliphatic rings. The number of benzene rings is 2. The van der Waals surface area contributed by atoms with E-state index in [0.717, 1.165) is 22.3 Å². The lowest BCUT2D eigenvalue weighted by molar-refractivity contribution is 1.05.